The third kappa shape index (κ3) is 3.47. The van der Waals surface area contributed by atoms with Gasteiger partial charge in [0.1, 0.15) is 5.75 Å². The molecule has 4 nitrogen and oxygen atoms in total. The van der Waals surface area contributed by atoms with Crippen molar-refractivity contribution < 1.29 is 9.84 Å². The maximum atomic E-state index is 10.1. The number of hydrogen-bond acceptors (Lipinski definition) is 3. The number of nitrogens with two attached hydrogens (primary N) is 1. The van der Waals surface area contributed by atoms with E-state index in [4.69, 9.17) is 10.5 Å². The normalized spacial score (nSPS) is 12.5. The Morgan fingerprint density at radius 2 is 1.95 bits per heavy atom. The number of aliphatic hydroxyl groups excluding tert-OH is 1. The van der Waals surface area contributed by atoms with E-state index in [1.807, 2.05) is 48.7 Å². The Morgan fingerprint density at radius 3 is 2.82 bits per heavy atom. The third-order valence-corrected chi connectivity index (χ3v) is 3.63. The fraction of sp³-hybridized carbons (Fsp3) is 0.222. The van der Waals surface area contributed by atoms with E-state index in [0.29, 0.717) is 18.7 Å². The van der Waals surface area contributed by atoms with E-state index in [9.17, 15) is 5.11 Å². The second-order valence-electron chi connectivity index (χ2n) is 5.36. The average Bonchev–Trinajstić information content (AvgIpc) is 2.95. The Morgan fingerprint density at radius 1 is 1.09 bits per heavy atom. The van der Waals surface area contributed by atoms with Crippen LogP contribution in [0.2, 0.25) is 0 Å². The van der Waals surface area contributed by atoms with Gasteiger partial charge in [0.05, 0.1) is 0 Å². The number of rotatable bonds is 6. The quantitative estimate of drug-likeness (QED) is 0.612. The van der Waals surface area contributed by atoms with Gasteiger partial charge in [0.15, 0.2) is 0 Å². The number of benzene rings is 2. The molecule has 0 aliphatic heterocycles. The number of aliphatic hydroxyl groups is 1. The van der Waals surface area contributed by atoms with Crippen LogP contribution in [0.3, 0.4) is 0 Å². The lowest BCUT2D eigenvalue weighted by Crippen LogP contribution is -2.18. The van der Waals surface area contributed by atoms with Crippen molar-refractivity contribution in [1.82, 2.24) is 4.98 Å². The summed E-state index contributed by atoms with van der Waals surface area (Å²) >= 11 is 0. The highest BCUT2D eigenvalue weighted by atomic mass is 16.6. The Bertz CT molecular complexity index is 751. The molecule has 0 spiro atoms. The lowest BCUT2D eigenvalue weighted by atomic mass is 10.1. The number of fused-ring (bicyclic) bond motifs is 1. The van der Waals surface area contributed by atoms with Crippen molar-refractivity contribution in [1.29, 1.82) is 0 Å². The predicted octanol–water partition coefficient (Wildman–Crippen LogP) is 2.61. The molecule has 3 aromatic rings. The summed E-state index contributed by atoms with van der Waals surface area (Å²) in [6.07, 6.45) is 2.30. The molecule has 0 radical (unpaired) electrons. The van der Waals surface area contributed by atoms with Crippen LogP contribution in [0.5, 0.6) is 5.75 Å². The highest BCUT2D eigenvalue weighted by Gasteiger charge is 2.08. The van der Waals surface area contributed by atoms with Crippen molar-refractivity contribution in [3.63, 3.8) is 0 Å². The summed E-state index contributed by atoms with van der Waals surface area (Å²) < 4.78 is 5.61. The largest absolute Gasteiger partial charge is 0.465 e. The Hall–Kier alpha value is -2.30. The molecular formula is C18H20N2O2. The van der Waals surface area contributed by atoms with Crippen LogP contribution in [0.25, 0.3) is 10.9 Å². The molecule has 0 aliphatic rings. The standard InChI is InChI=1S/C18H20N2O2/c19-8-6-13-2-1-3-14(10-13)11-18(21)22-16-4-5-17-15(12-16)7-9-20-17/h1-5,7,9-10,12,18,20-21H,6,8,11,19H2. The van der Waals surface area contributed by atoms with E-state index in [-0.39, 0.29) is 0 Å². The molecule has 22 heavy (non-hydrogen) atoms. The van der Waals surface area contributed by atoms with Crippen molar-refractivity contribution in [2.24, 2.45) is 5.73 Å². The molecule has 1 heterocycles. The van der Waals surface area contributed by atoms with Gasteiger partial charge in [-0.1, -0.05) is 24.3 Å². The van der Waals surface area contributed by atoms with Gasteiger partial charge in [-0.15, -0.1) is 0 Å². The van der Waals surface area contributed by atoms with E-state index in [1.54, 1.807) is 0 Å². The third-order valence-electron chi connectivity index (χ3n) is 3.63. The summed E-state index contributed by atoms with van der Waals surface area (Å²) in [5.41, 5.74) is 8.85. The predicted molar refractivity (Wildman–Crippen MR) is 87.8 cm³/mol. The summed E-state index contributed by atoms with van der Waals surface area (Å²) in [5.74, 6) is 0.665. The molecule has 0 fully saturated rings. The van der Waals surface area contributed by atoms with Crippen LogP contribution in [-0.2, 0) is 12.8 Å². The number of aromatic nitrogens is 1. The van der Waals surface area contributed by atoms with Gasteiger partial charge in [-0.3, -0.25) is 0 Å². The maximum Gasteiger partial charge on any atom is 0.201 e. The van der Waals surface area contributed by atoms with Crippen molar-refractivity contribution in [2.75, 3.05) is 6.54 Å². The molecule has 0 amide bonds. The van der Waals surface area contributed by atoms with Crippen molar-refractivity contribution in [2.45, 2.75) is 19.1 Å². The van der Waals surface area contributed by atoms with Crippen LogP contribution in [0.15, 0.2) is 54.7 Å². The van der Waals surface area contributed by atoms with E-state index >= 15 is 0 Å². The number of ether oxygens (including phenoxy) is 1. The average molecular weight is 296 g/mol. The molecule has 1 unspecified atom stereocenters. The molecule has 1 atom stereocenters. The number of aromatic amines is 1. The summed E-state index contributed by atoms with van der Waals surface area (Å²) in [6, 6.07) is 15.8. The minimum atomic E-state index is -0.871. The second-order valence-corrected chi connectivity index (χ2v) is 5.36. The summed E-state index contributed by atoms with van der Waals surface area (Å²) in [6.45, 7) is 0.624. The zero-order chi connectivity index (χ0) is 15.4. The van der Waals surface area contributed by atoms with Gasteiger partial charge in [0.25, 0.3) is 0 Å². The van der Waals surface area contributed by atoms with Crippen LogP contribution in [-0.4, -0.2) is 22.9 Å². The molecule has 4 N–H and O–H groups in total. The Labute approximate surface area is 129 Å². The minimum absolute atomic E-state index is 0.448. The molecule has 0 bridgehead atoms. The summed E-state index contributed by atoms with van der Waals surface area (Å²) in [4.78, 5) is 3.13. The molecule has 3 rings (SSSR count). The van der Waals surface area contributed by atoms with E-state index < -0.39 is 6.29 Å². The first-order valence-electron chi connectivity index (χ1n) is 7.44. The van der Waals surface area contributed by atoms with Crippen molar-refractivity contribution >= 4 is 10.9 Å². The molecule has 0 saturated heterocycles. The summed E-state index contributed by atoms with van der Waals surface area (Å²) in [5, 5.41) is 11.2. The fourth-order valence-corrected chi connectivity index (χ4v) is 2.58. The highest BCUT2D eigenvalue weighted by Crippen LogP contribution is 2.21. The molecular weight excluding hydrogens is 276 g/mol. The molecule has 114 valence electrons. The first-order chi connectivity index (χ1) is 10.7. The first kappa shape index (κ1) is 14.6. The van der Waals surface area contributed by atoms with Crippen molar-refractivity contribution in [3.8, 4) is 5.75 Å². The SMILES string of the molecule is NCCc1cccc(CC(O)Oc2ccc3[nH]ccc3c2)c1. The van der Waals surface area contributed by atoms with E-state index in [1.165, 1.54) is 5.56 Å². The van der Waals surface area contributed by atoms with Gasteiger partial charge in [0.2, 0.25) is 6.29 Å². The zero-order valence-electron chi connectivity index (χ0n) is 12.3. The van der Waals surface area contributed by atoms with Crippen LogP contribution >= 0.6 is 0 Å². The molecule has 4 heteroatoms. The monoisotopic (exact) mass is 296 g/mol. The van der Waals surface area contributed by atoms with Crippen LogP contribution in [0.1, 0.15) is 11.1 Å². The van der Waals surface area contributed by atoms with Gasteiger partial charge in [-0.2, -0.15) is 0 Å². The Kier molecular flexibility index (Phi) is 4.42. The summed E-state index contributed by atoms with van der Waals surface area (Å²) in [7, 11) is 0. The second kappa shape index (κ2) is 6.64. The van der Waals surface area contributed by atoms with Gasteiger partial charge < -0.3 is 20.6 Å². The van der Waals surface area contributed by atoms with E-state index in [2.05, 4.69) is 11.1 Å². The van der Waals surface area contributed by atoms with Gasteiger partial charge in [-0.05, 0) is 48.4 Å². The van der Waals surface area contributed by atoms with Crippen LogP contribution in [0.4, 0.5) is 0 Å². The van der Waals surface area contributed by atoms with E-state index in [0.717, 1.165) is 22.9 Å². The molecule has 0 aliphatic carbocycles. The molecule has 0 saturated carbocycles. The van der Waals surface area contributed by atoms with Gasteiger partial charge in [0, 0.05) is 23.5 Å². The number of nitrogens with one attached hydrogen (secondary N) is 1. The topological polar surface area (TPSA) is 71.3 Å². The van der Waals surface area contributed by atoms with Gasteiger partial charge in [-0.25, -0.2) is 0 Å². The van der Waals surface area contributed by atoms with Crippen LogP contribution in [0, 0.1) is 0 Å². The van der Waals surface area contributed by atoms with Crippen molar-refractivity contribution in [3.05, 3.63) is 65.9 Å². The lowest BCUT2D eigenvalue weighted by Gasteiger charge is -2.14. The zero-order valence-corrected chi connectivity index (χ0v) is 12.3. The highest BCUT2D eigenvalue weighted by molar-refractivity contribution is 5.80. The lowest BCUT2D eigenvalue weighted by molar-refractivity contribution is -0.0157. The molecule has 1 aromatic heterocycles. The fourth-order valence-electron chi connectivity index (χ4n) is 2.58. The number of hydrogen-bond donors (Lipinski definition) is 3. The van der Waals surface area contributed by atoms with Crippen LogP contribution < -0.4 is 10.5 Å². The number of H-pyrrole nitrogens is 1. The Balaban J connectivity index is 1.66. The minimum Gasteiger partial charge on any atom is -0.465 e. The van der Waals surface area contributed by atoms with Gasteiger partial charge >= 0.3 is 0 Å². The molecule has 2 aromatic carbocycles. The maximum absolute atomic E-state index is 10.1. The smallest absolute Gasteiger partial charge is 0.201 e. The first-order valence-corrected chi connectivity index (χ1v) is 7.44.